The van der Waals surface area contributed by atoms with E-state index in [1.54, 1.807) is 36.0 Å². The van der Waals surface area contributed by atoms with E-state index in [1.165, 1.54) is 6.92 Å². The van der Waals surface area contributed by atoms with Crippen LogP contribution in [0.4, 0.5) is 5.69 Å². The third-order valence-corrected chi connectivity index (χ3v) is 4.12. The Kier molecular flexibility index (Phi) is 5.39. The van der Waals surface area contributed by atoms with Gasteiger partial charge in [-0.1, -0.05) is 26.0 Å². The minimum atomic E-state index is -0.140. The molecule has 0 atom stereocenters. The van der Waals surface area contributed by atoms with Gasteiger partial charge in [-0.3, -0.25) is 9.59 Å². The molecule has 2 aromatic carbocycles. The van der Waals surface area contributed by atoms with Crippen molar-refractivity contribution in [3.05, 3.63) is 59.7 Å². The summed E-state index contributed by atoms with van der Waals surface area (Å²) in [5.41, 5.74) is 1.98. The van der Waals surface area contributed by atoms with Crippen molar-refractivity contribution in [2.24, 2.45) is 0 Å². The third-order valence-electron chi connectivity index (χ3n) is 3.04. The van der Waals surface area contributed by atoms with Crippen LogP contribution in [0.5, 0.6) is 0 Å². The highest BCUT2D eigenvalue weighted by molar-refractivity contribution is 8.00. The van der Waals surface area contributed by atoms with Gasteiger partial charge in [0.1, 0.15) is 0 Å². The molecule has 3 nitrogen and oxygen atoms in total. The van der Waals surface area contributed by atoms with Crippen molar-refractivity contribution in [2.45, 2.75) is 30.9 Å². The molecule has 2 aromatic rings. The number of benzene rings is 2. The Labute approximate surface area is 135 Å². The Balaban J connectivity index is 2.17. The van der Waals surface area contributed by atoms with Gasteiger partial charge < -0.3 is 5.32 Å². The lowest BCUT2D eigenvalue weighted by molar-refractivity contribution is 0.101. The van der Waals surface area contributed by atoms with Crippen LogP contribution in [0.3, 0.4) is 0 Å². The predicted octanol–water partition coefficient (Wildman–Crippen LogP) is 4.64. The molecule has 4 heteroatoms. The van der Waals surface area contributed by atoms with Crippen molar-refractivity contribution in [3.8, 4) is 0 Å². The first kappa shape index (κ1) is 16.3. The first-order valence-electron chi connectivity index (χ1n) is 7.15. The first-order valence-corrected chi connectivity index (χ1v) is 8.03. The van der Waals surface area contributed by atoms with Crippen LogP contribution < -0.4 is 5.32 Å². The highest BCUT2D eigenvalue weighted by Crippen LogP contribution is 2.27. The largest absolute Gasteiger partial charge is 0.322 e. The van der Waals surface area contributed by atoms with Gasteiger partial charge in [0.15, 0.2) is 5.78 Å². The Morgan fingerprint density at radius 2 is 1.64 bits per heavy atom. The Bertz CT molecular complexity index is 678. The monoisotopic (exact) mass is 313 g/mol. The summed E-state index contributed by atoms with van der Waals surface area (Å²) < 4.78 is 0. The van der Waals surface area contributed by atoms with E-state index < -0.39 is 0 Å². The minimum Gasteiger partial charge on any atom is -0.322 e. The SMILES string of the molecule is CC(=O)c1ccc(NC(=O)c2ccccc2SC(C)C)cc1. The number of thioether (sulfide) groups is 1. The van der Waals surface area contributed by atoms with Crippen LogP contribution in [0.1, 0.15) is 41.5 Å². The maximum Gasteiger partial charge on any atom is 0.256 e. The van der Waals surface area contributed by atoms with Gasteiger partial charge in [-0.2, -0.15) is 0 Å². The standard InChI is InChI=1S/C18H19NO2S/c1-12(2)22-17-7-5-4-6-16(17)18(21)19-15-10-8-14(9-11-15)13(3)20/h4-12H,1-3H3,(H,19,21). The molecule has 114 valence electrons. The molecule has 0 fully saturated rings. The molecule has 1 N–H and O–H groups in total. The van der Waals surface area contributed by atoms with Gasteiger partial charge in [0, 0.05) is 21.4 Å². The van der Waals surface area contributed by atoms with Crippen LogP contribution in [-0.4, -0.2) is 16.9 Å². The number of amides is 1. The molecular formula is C18H19NO2S. The molecule has 1 amide bonds. The van der Waals surface area contributed by atoms with E-state index in [0.29, 0.717) is 22.1 Å². The van der Waals surface area contributed by atoms with E-state index in [2.05, 4.69) is 19.2 Å². The van der Waals surface area contributed by atoms with Crippen molar-refractivity contribution >= 4 is 29.1 Å². The smallest absolute Gasteiger partial charge is 0.256 e. The number of anilines is 1. The molecule has 0 heterocycles. The second-order valence-electron chi connectivity index (χ2n) is 5.25. The zero-order valence-electron chi connectivity index (χ0n) is 12.9. The average molecular weight is 313 g/mol. The van der Waals surface area contributed by atoms with Crippen LogP contribution in [0.15, 0.2) is 53.4 Å². The number of ketones is 1. The molecule has 0 saturated carbocycles. The average Bonchev–Trinajstić information content (AvgIpc) is 2.47. The molecule has 0 bridgehead atoms. The number of hydrogen-bond donors (Lipinski definition) is 1. The lowest BCUT2D eigenvalue weighted by Gasteiger charge is -2.11. The van der Waals surface area contributed by atoms with Gasteiger partial charge in [0.25, 0.3) is 5.91 Å². The summed E-state index contributed by atoms with van der Waals surface area (Å²) in [5.74, 6) is -0.129. The molecule has 0 aromatic heterocycles. The van der Waals surface area contributed by atoms with Crippen molar-refractivity contribution in [2.75, 3.05) is 5.32 Å². The summed E-state index contributed by atoms with van der Waals surface area (Å²) in [6.07, 6.45) is 0. The second kappa shape index (κ2) is 7.27. The van der Waals surface area contributed by atoms with Gasteiger partial charge >= 0.3 is 0 Å². The quantitative estimate of drug-likeness (QED) is 0.646. The molecule has 2 rings (SSSR count). The van der Waals surface area contributed by atoms with E-state index in [0.717, 1.165) is 4.90 Å². The third kappa shape index (κ3) is 4.21. The molecule has 0 radical (unpaired) electrons. The normalized spacial score (nSPS) is 10.5. The van der Waals surface area contributed by atoms with Gasteiger partial charge in [-0.25, -0.2) is 0 Å². The zero-order valence-corrected chi connectivity index (χ0v) is 13.7. The van der Waals surface area contributed by atoms with Crippen LogP contribution in [0.2, 0.25) is 0 Å². The zero-order chi connectivity index (χ0) is 16.1. The highest BCUT2D eigenvalue weighted by atomic mass is 32.2. The lowest BCUT2D eigenvalue weighted by Crippen LogP contribution is -2.13. The van der Waals surface area contributed by atoms with Gasteiger partial charge in [0.2, 0.25) is 0 Å². The molecule has 22 heavy (non-hydrogen) atoms. The van der Waals surface area contributed by atoms with Gasteiger partial charge in [0.05, 0.1) is 5.56 Å². The molecule has 0 aliphatic carbocycles. The lowest BCUT2D eigenvalue weighted by atomic mass is 10.1. The summed E-state index contributed by atoms with van der Waals surface area (Å²) in [7, 11) is 0. The number of carbonyl (C=O) groups is 2. The molecule has 0 saturated heterocycles. The first-order chi connectivity index (χ1) is 10.5. The van der Waals surface area contributed by atoms with Crippen LogP contribution in [-0.2, 0) is 0 Å². The summed E-state index contributed by atoms with van der Waals surface area (Å²) in [6.45, 7) is 5.71. The van der Waals surface area contributed by atoms with Crippen molar-refractivity contribution in [1.29, 1.82) is 0 Å². The molecule has 0 unspecified atom stereocenters. The summed E-state index contributed by atoms with van der Waals surface area (Å²) in [4.78, 5) is 24.7. The van der Waals surface area contributed by atoms with E-state index in [-0.39, 0.29) is 11.7 Å². The fourth-order valence-corrected chi connectivity index (χ4v) is 2.95. The summed E-state index contributed by atoms with van der Waals surface area (Å²) in [6, 6.07) is 14.5. The van der Waals surface area contributed by atoms with Gasteiger partial charge in [-0.05, 0) is 43.3 Å². The number of hydrogen-bond acceptors (Lipinski definition) is 3. The number of nitrogens with one attached hydrogen (secondary N) is 1. The van der Waals surface area contributed by atoms with Crippen molar-refractivity contribution in [1.82, 2.24) is 0 Å². The number of carbonyl (C=O) groups excluding carboxylic acids is 2. The van der Waals surface area contributed by atoms with Crippen molar-refractivity contribution < 1.29 is 9.59 Å². The Morgan fingerprint density at radius 3 is 2.23 bits per heavy atom. The van der Waals surface area contributed by atoms with Crippen LogP contribution >= 0.6 is 11.8 Å². The van der Waals surface area contributed by atoms with E-state index in [9.17, 15) is 9.59 Å². The fourth-order valence-electron chi connectivity index (χ4n) is 2.00. The van der Waals surface area contributed by atoms with E-state index in [4.69, 9.17) is 0 Å². The summed E-state index contributed by atoms with van der Waals surface area (Å²) >= 11 is 1.66. The van der Waals surface area contributed by atoms with E-state index >= 15 is 0 Å². The maximum atomic E-state index is 12.4. The maximum absolute atomic E-state index is 12.4. The topological polar surface area (TPSA) is 46.2 Å². The number of rotatable bonds is 5. The Hall–Kier alpha value is -2.07. The Morgan fingerprint density at radius 1 is 1.00 bits per heavy atom. The fraction of sp³-hybridized carbons (Fsp3) is 0.222. The summed E-state index contributed by atoms with van der Waals surface area (Å²) in [5, 5.41) is 3.28. The van der Waals surface area contributed by atoms with Crippen LogP contribution in [0.25, 0.3) is 0 Å². The highest BCUT2D eigenvalue weighted by Gasteiger charge is 2.12. The van der Waals surface area contributed by atoms with Crippen LogP contribution in [0, 0.1) is 0 Å². The second-order valence-corrected chi connectivity index (χ2v) is 6.87. The van der Waals surface area contributed by atoms with E-state index in [1.807, 2.05) is 24.3 Å². The molecule has 0 aliphatic rings. The molecule has 0 spiro atoms. The molecule has 0 aliphatic heterocycles. The predicted molar refractivity (Wildman–Crippen MR) is 91.8 cm³/mol. The molecular weight excluding hydrogens is 294 g/mol. The minimum absolute atomic E-state index is 0.0107. The van der Waals surface area contributed by atoms with Gasteiger partial charge in [-0.15, -0.1) is 11.8 Å². The van der Waals surface area contributed by atoms with Crippen molar-refractivity contribution in [3.63, 3.8) is 0 Å². The number of Topliss-reactive ketones (excluding diaryl/α,β-unsaturated/α-hetero) is 1.